The Hall–Kier alpha value is -2.04. The van der Waals surface area contributed by atoms with Gasteiger partial charge in [0.05, 0.1) is 0 Å². The van der Waals surface area contributed by atoms with E-state index in [9.17, 15) is 35.1 Å². The minimum atomic E-state index is -6.28. The number of rotatable bonds is 2. The van der Waals surface area contributed by atoms with Gasteiger partial charge in [-0.05, 0) is 10.6 Å². The monoisotopic (exact) mass is 309 g/mol. The zero-order chi connectivity index (χ0) is 15.9. The molecule has 1 aromatic rings. The van der Waals surface area contributed by atoms with Crippen LogP contribution in [0.15, 0.2) is 5.11 Å². The maximum Gasteiger partial charge on any atom is 0.459 e. The minimum absolute atomic E-state index is 0.00245. The number of hydrogen-bond donors (Lipinski definition) is 0. The normalized spacial score (nSPS) is 13.2. The molecule has 20 heavy (non-hydrogen) atoms. The van der Waals surface area contributed by atoms with E-state index in [0.29, 0.717) is 7.05 Å². The highest BCUT2D eigenvalue weighted by molar-refractivity contribution is 5.46. The molecular formula is C7H3F8N5. The zero-order valence-corrected chi connectivity index (χ0v) is 9.26. The Kier molecular flexibility index (Phi) is 3.61. The standard InChI is InChI=1S/C7H3F8N5/c1-20-4(17-19-16)2(6(10,11)12)3(18-20)5(8,9)7(13,14)15/h1H3. The summed E-state index contributed by atoms with van der Waals surface area (Å²) in [6, 6.07) is 0. The van der Waals surface area contributed by atoms with Crippen molar-refractivity contribution in [2.75, 3.05) is 0 Å². The van der Waals surface area contributed by atoms with Crippen molar-refractivity contribution in [3.8, 4) is 0 Å². The molecule has 0 bridgehead atoms. The third-order valence-electron chi connectivity index (χ3n) is 2.09. The highest BCUT2D eigenvalue weighted by Crippen LogP contribution is 2.50. The number of nitrogens with zero attached hydrogens (tertiary/aromatic N) is 5. The number of alkyl halides is 8. The lowest BCUT2D eigenvalue weighted by atomic mass is 10.1. The molecule has 112 valence electrons. The van der Waals surface area contributed by atoms with Crippen molar-refractivity contribution in [3.63, 3.8) is 0 Å². The first-order chi connectivity index (χ1) is 8.84. The summed E-state index contributed by atoms with van der Waals surface area (Å²) in [6.45, 7) is 0. The Bertz CT molecular complexity index is 561. The summed E-state index contributed by atoms with van der Waals surface area (Å²) >= 11 is 0. The molecule has 5 nitrogen and oxygen atoms in total. The van der Waals surface area contributed by atoms with Crippen LogP contribution in [-0.4, -0.2) is 16.0 Å². The number of aromatic nitrogens is 2. The van der Waals surface area contributed by atoms with Gasteiger partial charge in [-0.3, -0.25) is 4.68 Å². The van der Waals surface area contributed by atoms with Gasteiger partial charge in [0.2, 0.25) is 0 Å². The Morgan fingerprint density at radius 1 is 1.10 bits per heavy atom. The summed E-state index contributed by atoms with van der Waals surface area (Å²) in [5, 5.41) is 4.94. The van der Waals surface area contributed by atoms with Crippen LogP contribution in [0.5, 0.6) is 0 Å². The lowest BCUT2D eigenvalue weighted by molar-refractivity contribution is -0.292. The van der Waals surface area contributed by atoms with Gasteiger partial charge in [0.15, 0.2) is 5.69 Å². The van der Waals surface area contributed by atoms with Gasteiger partial charge in [0.1, 0.15) is 11.4 Å². The van der Waals surface area contributed by atoms with Crippen LogP contribution in [0.25, 0.3) is 10.4 Å². The number of halogens is 8. The van der Waals surface area contributed by atoms with Crippen LogP contribution in [0.3, 0.4) is 0 Å². The number of hydrogen-bond acceptors (Lipinski definition) is 2. The van der Waals surface area contributed by atoms with Gasteiger partial charge in [-0.25, -0.2) is 0 Å². The molecule has 0 aromatic carbocycles. The van der Waals surface area contributed by atoms with Gasteiger partial charge in [-0.2, -0.15) is 40.2 Å². The predicted molar refractivity (Wildman–Crippen MR) is 47.0 cm³/mol. The fourth-order valence-electron chi connectivity index (χ4n) is 1.29. The maximum absolute atomic E-state index is 13.1. The molecule has 0 saturated carbocycles. The van der Waals surface area contributed by atoms with E-state index in [0.717, 1.165) is 0 Å². The van der Waals surface area contributed by atoms with Gasteiger partial charge in [-0.1, -0.05) is 0 Å². The van der Waals surface area contributed by atoms with E-state index >= 15 is 0 Å². The summed E-state index contributed by atoms with van der Waals surface area (Å²) in [7, 11) is 0.634. The van der Waals surface area contributed by atoms with E-state index in [-0.39, 0.29) is 4.68 Å². The van der Waals surface area contributed by atoms with Crippen LogP contribution >= 0.6 is 0 Å². The largest absolute Gasteiger partial charge is 0.459 e. The highest BCUT2D eigenvalue weighted by atomic mass is 19.4. The Balaban J connectivity index is 3.74. The third kappa shape index (κ3) is 2.48. The first kappa shape index (κ1) is 16.0. The fourth-order valence-corrected chi connectivity index (χ4v) is 1.29. The van der Waals surface area contributed by atoms with E-state index in [2.05, 4.69) is 10.2 Å². The van der Waals surface area contributed by atoms with Crippen LogP contribution in [0.1, 0.15) is 11.3 Å². The third-order valence-corrected chi connectivity index (χ3v) is 2.09. The fraction of sp³-hybridized carbons (Fsp3) is 0.571. The molecule has 0 unspecified atom stereocenters. The number of azide groups is 1. The molecule has 0 saturated heterocycles. The smallest absolute Gasteiger partial charge is 0.265 e. The van der Waals surface area contributed by atoms with Crippen molar-refractivity contribution >= 4 is 5.82 Å². The Morgan fingerprint density at radius 3 is 1.95 bits per heavy atom. The average molecular weight is 309 g/mol. The quantitative estimate of drug-likeness (QED) is 0.352. The second-order valence-corrected chi connectivity index (χ2v) is 3.43. The van der Waals surface area contributed by atoms with E-state index < -0.39 is 35.4 Å². The van der Waals surface area contributed by atoms with Gasteiger partial charge in [-0.15, -0.1) is 0 Å². The van der Waals surface area contributed by atoms with E-state index in [1.807, 2.05) is 4.91 Å². The summed E-state index contributed by atoms with van der Waals surface area (Å²) in [5.74, 6) is -7.34. The number of aryl methyl sites for hydroxylation is 1. The Labute approximate surface area is 104 Å². The molecule has 1 rings (SSSR count). The van der Waals surface area contributed by atoms with Crippen molar-refractivity contribution in [3.05, 3.63) is 21.7 Å². The lowest BCUT2D eigenvalue weighted by Crippen LogP contribution is -2.36. The van der Waals surface area contributed by atoms with Crippen molar-refractivity contribution in [1.29, 1.82) is 0 Å². The predicted octanol–water partition coefficient (Wildman–Crippen LogP) is 4.03. The van der Waals surface area contributed by atoms with Crippen molar-refractivity contribution < 1.29 is 35.1 Å². The molecule has 0 spiro atoms. The van der Waals surface area contributed by atoms with Gasteiger partial charge in [0.25, 0.3) is 0 Å². The molecule has 0 aliphatic heterocycles. The second kappa shape index (κ2) is 4.51. The molecule has 0 fully saturated rings. The maximum atomic E-state index is 13.1. The zero-order valence-electron chi connectivity index (χ0n) is 9.26. The molecular weight excluding hydrogens is 306 g/mol. The molecule has 1 aromatic heterocycles. The first-order valence-electron chi connectivity index (χ1n) is 4.48. The van der Waals surface area contributed by atoms with E-state index in [1.165, 1.54) is 0 Å². The average Bonchev–Trinajstić information content (AvgIpc) is 2.55. The Morgan fingerprint density at radius 2 is 1.60 bits per heavy atom. The SMILES string of the molecule is Cn1nc(C(F)(F)C(F)(F)F)c(C(F)(F)F)c1N=[N+]=[N-]. The van der Waals surface area contributed by atoms with Crippen molar-refractivity contribution in [1.82, 2.24) is 9.78 Å². The molecule has 1 heterocycles. The second-order valence-electron chi connectivity index (χ2n) is 3.43. The summed E-state index contributed by atoms with van der Waals surface area (Å²) < 4.78 is 100. The van der Waals surface area contributed by atoms with E-state index in [1.54, 1.807) is 0 Å². The molecule has 0 N–H and O–H groups in total. The summed E-state index contributed by atoms with van der Waals surface area (Å²) in [5.41, 5.74) is 3.05. The van der Waals surface area contributed by atoms with Crippen molar-refractivity contribution in [2.24, 2.45) is 12.2 Å². The van der Waals surface area contributed by atoms with E-state index in [4.69, 9.17) is 5.53 Å². The van der Waals surface area contributed by atoms with Gasteiger partial charge >= 0.3 is 18.3 Å². The minimum Gasteiger partial charge on any atom is -0.265 e. The molecule has 0 amide bonds. The molecule has 0 radical (unpaired) electrons. The highest BCUT2D eigenvalue weighted by Gasteiger charge is 2.63. The van der Waals surface area contributed by atoms with Gasteiger partial charge in [0, 0.05) is 12.0 Å². The first-order valence-corrected chi connectivity index (χ1v) is 4.48. The van der Waals surface area contributed by atoms with Crippen LogP contribution in [0.4, 0.5) is 40.9 Å². The van der Waals surface area contributed by atoms with Crippen LogP contribution < -0.4 is 0 Å². The lowest BCUT2D eigenvalue weighted by Gasteiger charge is -2.19. The van der Waals surface area contributed by atoms with Gasteiger partial charge < -0.3 is 0 Å². The van der Waals surface area contributed by atoms with Crippen LogP contribution in [0, 0.1) is 0 Å². The topological polar surface area (TPSA) is 66.6 Å². The van der Waals surface area contributed by atoms with Crippen LogP contribution in [0.2, 0.25) is 0 Å². The summed E-state index contributed by atoms with van der Waals surface area (Å²) in [6.07, 6.45) is -11.9. The molecule has 0 aliphatic carbocycles. The molecule has 13 heteroatoms. The van der Waals surface area contributed by atoms with Crippen LogP contribution in [-0.2, 0) is 19.1 Å². The molecule has 0 atom stereocenters. The summed E-state index contributed by atoms with van der Waals surface area (Å²) in [4.78, 5) is 1.94. The van der Waals surface area contributed by atoms with Crippen molar-refractivity contribution in [2.45, 2.75) is 18.3 Å². The molecule has 0 aliphatic rings.